The molecule has 1 aliphatic rings. The quantitative estimate of drug-likeness (QED) is 0.922. The number of morpholine rings is 1. The molecule has 0 aromatic heterocycles. The molecule has 1 aromatic carbocycles. The number of benzene rings is 1. The first-order chi connectivity index (χ1) is 9.55. The van der Waals surface area contributed by atoms with Gasteiger partial charge in [-0.1, -0.05) is 44.2 Å². The standard InChI is InChI=1S/C15H19NO4/c1-3-15(4-2)13(17)16(14(18)19)12(10-20-15)11-8-6-5-7-9-11/h5-9,12H,3-4,10H2,1-2H3,(H,18,19)/t12-/m0/s1. The first-order valence-electron chi connectivity index (χ1n) is 6.81. The molecule has 1 aromatic rings. The molecule has 2 rings (SSSR count). The second-order valence-electron chi connectivity index (χ2n) is 4.90. The Balaban J connectivity index is 2.38. The minimum Gasteiger partial charge on any atom is -0.465 e. The summed E-state index contributed by atoms with van der Waals surface area (Å²) in [6.07, 6.45) is -0.292. The molecule has 108 valence electrons. The minimum absolute atomic E-state index is 0.198. The Bertz CT molecular complexity index is 496. The molecule has 5 heteroatoms. The van der Waals surface area contributed by atoms with E-state index in [0.717, 1.165) is 10.5 Å². The predicted molar refractivity (Wildman–Crippen MR) is 73.3 cm³/mol. The molecule has 0 radical (unpaired) electrons. The van der Waals surface area contributed by atoms with Gasteiger partial charge in [0.2, 0.25) is 0 Å². The average Bonchev–Trinajstić information content (AvgIpc) is 2.48. The van der Waals surface area contributed by atoms with E-state index in [9.17, 15) is 14.7 Å². The summed E-state index contributed by atoms with van der Waals surface area (Å²) in [5.74, 6) is -0.463. The lowest BCUT2D eigenvalue weighted by molar-refractivity contribution is -0.177. The van der Waals surface area contributed by atoms with E-state index in [-0.39, 0.29) is 6.61 Å². The molecule has 1 saturated heterocycles. The Morgan fingerprint density at radius 3 is 2.45 bits per heavy atom. The molecule has 1 atom stereocenters. The summed E-state index contributed by atoms with van der Waals surface area (Å²) in [4.78, 5) is 25.0. The molecule has 5 nitrogen and oxygen atoms in total. The van der Waals surface area contributed by atoms with Crippen molar-refractivity contribution in [1.29, 1.82) is 0 Å². The topological polar surface area (TPSA) is 66.8 Å². The van der Waals surface area contributed by atoms with Crippen LogP contribution in [0.3, 0.4) is 0 Å². The van der Waals surface area contributed by atoms with Crippen LogP contribution in [0, 0.1) is 0 Å². The highest BCUT2D eigenvalue weighted by Gasteiger charge is 2.49. The maximum absolute atomic E-state index is 12.6. The van der Waals surface area contributed by atoms with E-state index in [1.807, 2.05) is 44.2 Å². The van der Waals surface area contributed by atoms with Crippen LogP contribution in [0.2, 0.25) is 0 Å². The van der Waals surface area contributed by atoms with E-state index < -0.39 is 23.6 Å². The fourth-order valence-electron chi connectivity index (χ4n) is 2.63. The Kier molecular flexibility index (Phi) is 4.09. The van der Waals surface area contributed by atoms with Crippen LogP contribution in [-0.4, -0.2) is 34.2 Å². The lowest BCUT2D eigenvalue weighted by atomic mass is 9.91. The van der Waals surface area contributed by atoms with Gasteiger partial charge in [0.25, 0.3) is 5.91 Å². The van der Waals surface area contributed by atoms with Crippen LogP contribution in [-0.2, 0) is 9.53 Å². The van der Waals surface area contributed by atoms with Crippen molar-refractivity contribution in [2.45, 2.75) is 38.3 Å². The number of carbonyl (C=O) groups excluding carboxylic acids is 1. The summed E-state index contributed by atoms with van der Waals surface area (Å²) >= 11 is 0. The Morgan fingerprint density at radius 2 is 1.95 bits per heavy atom. The van der Waals surface area contributed by atoms with E-state index in [1.165, 1.54) is 0 Å². The van der Waals surface area contributed by atoms with Crippen molar-refractivity contribution < 1.29 is 19.4 Å². The highest BCUT2D eigenvalue weighted by atomic mass is 16.5. The van der Waals surface area contributed by atoms with Gasteiger partial charge in [-0.3, -0.25) is 4.79 Å². The highest BCUT2D eigenvalue weighted by Crippen LogP contribution is 2.35. The number of amides is 2. The maximum Gasteiger partial charge on any atom is 0.414 e. The van der Waals surface area contributed by atoms with Gasteiger partial charge in [-0.05, 0) is 18.4 Å². The lowest BCUT2D eigenvalue weighted by Crippen LogP contribution is -2.58. The van der Waals surface area contributed by atoms with Crippen LogP contribution in [0.25, 0.3) is 0 Å². The van der Waals surface area contributed by atoms with Crippen molar-refractivity contribution in [2.75, 3.05) is 6.61 Å². The minimum atomic E-state index is -1.22. The van der Waals surface area contributed by atoms with E-state index >= 15 is 0 Å². The molecule has 1 heterocycles. The molecule has 20 heavy (non-hydrogen) atoms. The number of rotatable bonds is 3. The normalized spacial score (nSPS) is 21.8. The van der Waals surface area contributed by atoms with E-state index in [4.69, 9.17) is 4.74 Å². The van der Waals surface area contributed by atoms with Crippen molar-refractivity contribution in [3.63, 3.8) is 0 Å². The molecule has 1 N–H and O–H groups in total. The van der Waals surface area contributed by atoms with Gasteiger partial charge in [-0.25, -0.2) is 9.69 Å². The first-order valence-corrected chi connectivity index (χ1v) is 6.81. The Morgan fingerprint density at radius 1 is 1.35 bits per heavy atom. The van der Waals surface area contributed by atoms with Gasteiger partial charge < -0.3 is 9.84 Å². The van der Waals surface area contributed by atoms with Gasteiger partial charge >= 0.3 is 6.09 Å². The number of carboxylic acid groups (broad SMARTS) is 1. The third-order valence-corrected chi connectivity index (χ3v) is 3.97. The third-order valence-electron chi connectivity index (χ3n) is 3.97. The number of imide groups is 1. The predicted octanol–water partition coefficient (Wildman–Crippen LogP) is 2.82. The molecule has 0 bridgehead atoms. The molecule has 0 unspecified atom stereocenters. The summed E-state index contributed by atoms with van der Waals surface area (Å²) < 4.78 is 5.77. The second-order valence-corrected chi connectivity index (χ2v) is 4.90. The molecule has 0 spiro atoms. The van der Waals surface area contributed by atoms with Gasteiger partial charge in [0.15, 0.2) is 0 Å². The van der Waals surface area contributed by atoms with E-state index in [0.29, 0.717) is 12.8 Å². The number of hydrogen-bond acceptors (Lipinski definition) is 3. The van der Waals surface area contributed by atoms with Gasteiger partial charge in [-0.2, -0.15) is 0 Å². The van der Waals surface area contributed by atoms with Gasteiger partial charge in [-0.15, -0.1) is 0 Å². The third kappa shape index (κ3) is 2.29. The number of ether oxygens (including phenoxy) is 1. The first kappa shape index (κ1) is 14.5. The smallest absolute Gasteiger partial charge is 0.414 e. The van der Waals surface area contributed by atoms with Crippen LogP contribution in [0.4, 0.5) is 4.79 Å². The van der Waals surface area contributed by atoms with Gasteiger partial charge in [0, 0.05) is 0 Å². The van der Waals surface area contributed by atoms with Crippen molar-refractivity contribution in [3.8, 4) is 0 Å². The second kappa shape index (κ2) is 5.63. The van der Waals surface area contributed by atoms with Gasteiger partial charge in [0.05, 0.1) is 12.6 Å². The van der Waals surface area contributed by atoms with Crippen molar-refractivity contribution in [2.24, 2.45) is 0 Å². The fraction of sp³-hybridized carbons (Fsp3) is 0.467. The number of carbonyl (C=O) groups is 2. The lowest BCUT2D eigenvalue weighted by Gasteiger charge is -2.43. The molecule has 1 fully saturated rings. The largest absolute Gasteiger partial charge is 0.465 e. The van der Waals surface area contributed by atoms with Crippen LogP contribution < -0.4 is 0 Å². The average molecular weight is 277 g/mol. The van der Waals surface area contributed by atoms with Gasteiger partial charge in [0.1, 0.15) is 5.60 Å². The molecular formula is C15H19NO4. The zero-order chi connectivity index (χ0) is 14.8. The van der Waals surface area contributed by atoms with Crippen LogP contribution in [0.15, 0.2) is 30.3 Å². The summed E-state index contributed by atoms with van der Waals surface area (Å²) in [5, 5.41) is 9.41. The summed E-state index contributed by atoms with van der Waals surface area (Å²) in [6, 6.07) is 8.53. The fourth-order valence-corrected chi connectivity index (χ4v) is 2.63. The zero-order valence-corrected chi connectivity index (χ0v) is 11.7. The summed E-state index contributed by atoms with van der Waals surface area (Å²) in [6.45, 7) is 3.87. The van der Waals surface area contributed by atoms with Crippen LogP contribution in [0.1, 0.15) is 38.3 Å². The van der Waals surface area contributed by atoms with Crippen LogP contribution in [0.5, 0.6) is 0 Å². The molecule has 0 aliphatic carbocycles. The number of hydrogen-bond donors (Lipinski definition) is 1. The monoisotopic (exact) mass is 277 g/mol. The van der Waals surface area contributed by atoms with E-state index in [2.05, 4.69) is 0 Å². The molecular weight excluding hydrogens is 258 g/mol. The SMILES string of the molecule is CCC1(CC)OC[C@@H](c2ccccc2)N(C(=O)O)C1=O. The van der Waals surface area contributed by atoms with Crippen molar-refractivity contribution >= 4 is 12.0 Å². The van der Waals surface area contributed by atoms with Crippen LogP contribution >= 0.6 is 0 Å². The summed E-state index contributed by atoms with van der Waals surface area (Å²) in [5.41, 5.74) is -0.243. The molecule has 0 saturated carbocycles. The van der Waals surface area contributed by atoms with Crippen molar-refractivity contribution in [3.05, 3.63) is 35.9 Å². The Hall–Kier alpha value is -1.88. The van der Waals surface area contributed by atoms with E-state index in [1.54, 1.807) is 0 Å². The molecule has 2 amide bonds. The Labute approximate surface area is 118 Å². The maximum atomic E-state index is 12.6. The number of nitrogens with zero attached hydrogens (tertiary/aromatic N) is 1. The molecule has 1 aliphatic heterocycles. The summed E-state index contributed by atoms with van der Waals surface area (Å²) in [7, 11) is 0. The zero-order valence-electron chi connectivity index (χ0n) is 11.7. The highest BCUT2D eigenvalue weighted by molar-refractivity contribution is 5.97. The van der Waals surface area contributed by atoms with Crippen molar-refractivity contribution in [1.82, 2.24) is 4.90 Å².